The molecule has 0 spiro atoms. The maximum absolute atomic E-state index is 12.1. The number of methoxy groups -OCH3 is 1. The second-order valence-electron chi connectivity index (χ2n) is 4.89. The molecule has 0 unspecified atom stereocenters. The summed E-state index contributed by atoms with van der Waals surface area (Å²) in [5, 5.41) is 0. The van der Waals surface area contributed by atoms with Crippen molar-refractivity contribution in [2.45, 2.75) is 13.0 Å². The van der Waals surface area contributed by atoms with Crippen molar-refractivity contribution in [3.05, 3.63) is 53.6 Å². The van der Waals surface area contributed by atoms with Crippen LogP contribution in [0.5, 0.6) is 5.75 Å². The van der Waals surface area contributed by atoms with E-state index in [1.165, 1.54) is 0 Å². The van der Waals surface area contributed by atoms with Gasteiger partial charge in [-0.15, -0.1) is 0 Å². The fourth-order valence-corrected chi connectivity index (χ4v) is 2.49. The fourth-order valence-electron chi connectivity index (χ4n) is 2.49. The second-order valence-corrected chi connectivity index (χ2v) is 4.89. The smallest absolute Gasteiger partial charge is 0.231 e. The average molecular weight is 268 g/mol. The van der Waals surface area contributed by atoms with Crippen LogP contribution in [-0.4, -0.2) is 13.0 Å². The minimum absolute atomic E-state index is 0.112. The maximum Gasteiger partial charge on any atom is 0.231 e. The molecule has 102 valence electrons. The number of anilines is 2. The van der Waals surface area contributed by atoms with E-state index in [9.17, 15) is 4.79 Å². The van der Waals surface area contributed by atoms with E-state index >= 15 is 0 Å². The number of benzene rings is 2. The molecule has 20 heavy (non-hydrogen) atoms. The van der Waals surface area contributed by atoms with Crippen LogP contribution in [0.25, 0.3) is 0 Å². The van der Waals surface area contributed by atoms with Crippen LogP contribution in [-0.2, 0) is 17.8 Å². The molecule has 2 N–H and O–H groups in total. The summed E-state index contributed by atoms with van der Waals surface area (Å²) in [7, 11) is 1.64. The van der Waals surface area contributed by atoms with Crippen LogP contribution in [0.1, 0.15) is 11.1 Å². The number of carbonyl (C=O) groups is 1. The van der Waals surface area contributed by atoms with Crippen LogP contribution in [0.15, 0.2) is 42.5 Å². The SMILES string of the molecule is COc1ccc(CN2C(=O)Cc3cc(N)ccc32)cc1. The third-order valence-electron chi connectivity index (χ3n) is 3.54. The van der Waals surface area contributed by atoms with Crippen LogP contribution in [0.3, 0.4) is 0 Å². The van der Waals surface area contributed by atoms with Crippen molar-refractivity contribution >= 4 is 17.3 Å². The Hall–Kier alpha value is -2.49. The molecule has 0 bridgehead atoms. The highest BCUT2D eigenvalue weighted by Crippen LogP contribution is 2.31. The molecule has 0 fully saturated rings. The number of rotatable bonds is 3. The number of nitrogens with two attached hydrogens (primary N) is 1. The lowest BCUT2D eigenvalue weighted by Gasteiger charge is -2.18. The summed E-state index contributed by atoms with van der Waals surface area (Å²) in [6.45, 7) is 0.569. The van der Waals surface area contributed by atoms with E-state index < -0.39 is 0 Å². The molecule has 1 amide bonds. The van der Waals surface area contributed by atoms with E-state index in [1.54, 1.807) is 12.0 Å². The number of hydrogen-bond acceptors (Lipinski definition) is 3. The van der Waals surface area contributed by atoms with Gasteiger partial charge in [-0.2, -0.15) is 0 Å². The zero-order valence-corrected chi connectivity index (χ0v) is 11.3. The molecule has 0 aromatic heterocycles. The quantitative estimate of drug-likeness (QED) is 0.869. The predicted molar refractivity (Wildman–Crippen MR) is 78.7 cm³/mol. The van der Waals surface area contributed by atoms with Gasteiger partial charge in [0, 0.05) is 11.4 Å². The molecular weight excluding hydrogens is 252 g/mol. The largest absolute Gasteiger partial charge is 0.497 e. The van der Waals surface area contributed by atoms with Crippen molar-refractivity contribution in [3.63, 3.8) is 0 Å². The van der Waals surface area contributed by atoms with Gasteiger partial charge in [-0.3, -0.25) is 4.79 Å². The molecule has 3 rings (SSSR count). The Morgan fingerprint density at radius 3 is 2.65 bits per heavy atom. The highest BCUT2D eigenvalue weighted by atomic mass is 16.5. The first-order chi connectivity index (χ1) is 9.67. The molecule has 2 aromatic carbocycles. The van der Waals surface area contributed by atoms with Gasteiger partial charge >= 0.3 is 0 Å². The number of fused-ring (bicyclic) bond motifs is 1. The number of hydrogen-bond donors (Lipinski definition) is 1. The molecule has 1 aliphatic heterocycles. The van der Waals surface area contributed by atoms with E-state index in [1.807, 2.05) is 42.5 Å². The van der Waals surface area contributed by atoms with Crippen LogP contribution in [0.2, 0.25) is 0 Å². The molecule has 0 aliphatic carbocycles. The van der Waals surface area contributed by atoms with Gasteiger partial charge in [0.15, 0.2) is 0 Å². The Morgan fingerprint density at radius 1 is 1.20 bits per heavy atom. The van der Waals surface area contributed by atoms with Crippen LogP contribution in [0, 0.1) is 0 Å². The molecule has 2 aromatic rings. The van der Waals surface area contributed by atoms with Crippen molar-refractivity contribution in [3.8, 4) is 5.75 Å². The summed E-state index contributed by atoms with van der Waals surface area (Å²) < 4.78 is 5.14. The van der Waals surface area contributed by atoms with E-state index in [-0.39, 0.29) is 5.91 Å². The number of amides is 1. The van der Waals surface area contributed by atoms with Gasteiger partial charge in [-0.1, -0.05) is 12.1 Å². The molecule has 1 heterocycles. The van der Waals surface area contributed by atoms with Gasteiger partial charge in [-0.25, -0.2) is 0 Å². The summed E-state index contributed by atoms with van der Waals surface area (Å²) in [4.78, 5) is 13.9. The lowest BCUT2D eigenvalue weighted by molar-refractivity contribution is -0.117. The average Bonchev–Trinajstić information content (AvgIpc) is 2.75. The molecule has 0 saturated heterocycles. The summed E-state index contributed by atoms with van der Waals surface area (Å²) in [5.41, 5.74) is 9.49. The van der Waals surface area contributed by atoms with Crippen molar-refractivity contribution in [2.75, 3.05) is 17.7 Å². The van der Waals surface area contributed by atoms with Crippen molar-refractivity contribution in [1.82, 2.24) is 0 Å². The Morgan fingerprint density at radius 2 is 1.95 bits per heavy atom. The summed E-state index contributed by atoms with van der Waals surface area (Å²) in [6, 6.07) is 13.4. The molecule has 0 saturated carbocycles. The highest BCUT2D eigenvalue weighted by Gasteiger charge is 2.27. The maximum atomic E-state index is 12.1. The van der Waals surface area contributed by atoms with Gasteiger partial charge in [0.25, 0.3) is 0 Å². The second kappa shape index (κ2) is 4.89. The first-order valence-corrected chi connectivity index (χ1v) is 6.49. The number of ether oxygens (including phenoxy) is 1. The van der Waals surface area contributed by atoms with Gasteiger partial charge in [0.1, 0.15) is 5.75 Å². The van der Waals surface area contributed by atoms with Crippen molar-refractivity contribution in [2.24, 2.45) is 0 Å². The summed E-state index contributed by atoms with van der Waals surface area (Å²) >= 11 is 0. The van der Waals surface area contributed by atoms with Crippen molar-refractivity contribution < 1.29 is 9.53 Å². The topological polar surface area (TPSA) is 55.6 Å². The third kappa shape index (κ3) is 2.20. The summed E-state index contributed by atoms with van der Waals surface area (Å²) in [6.07, 6.45) is 0.427. The lowest BCUT2D eigenvalue weighted by Crippen LogP contribution is -2.25. The Labute approximate surface area is 117 Å². The van der Waals surface area contributed by atoms with Crippen LogP contribution >= 0.6 is 0 Å². The molecule has 4 nitrogen and oxygen atoms in total. The Bertz CT molecular complexity index is 650. The van der Waals surface area contributed by atoms with E-state index in [0.29, 0.717) is 18.7 Å². The Balaban J connectivity index is 1.86. The van der Waals surface area contributed by atoms with E-state index in [0.717, 1.165) is 22.6 Å². The zero-order chi connectivity index (χ0) is 14.1. The third-order valence-corrected chi connectivity index (χ3v) is 3.54. The minimum atomic E-state index is 0.112. The molecular formula is C16H16N2O2. The van der Waals surface area contributed by atoms with E-state index in [4.69, 9.17) is 10.5 Å². The monoisotopic (exact) mass is 268 g/mol. The molecule has 1 aliphatic rings. The zero-order valence-electron chi connectivity index (χ0n) is 11.3. The Kier molecular flexibility index (Phi) is 3.06. The van der Waals surface area contributed by atoms with Gasteiger partial charge in [-0.05, 0) is 41.5 Å². The van der Waals surface area contributed by atoms with Crippen LogP contribution < -0.4 is 15.4 Å². The fraction of sp³-hybridized carbons (Fsp3) is 0.188. The van der Waals surface area contributed by atoms with Gasteiger partial charge in [0.05, 0.1) is 20.1 Å². The number of carbonyl (C=O) groups excluding carboxylic acids is 1. The van der Waals surface area contributed by atoms with E-state index in [2.05, 4.69) is 0 Å². The predicted octanol–water partition coefficient (Wildman–Crippen LogP) is 2.37. The first kappa shape index (κ1) is 12.5. The van der Waals surface area contributed by atoms with Gasteiger partial charge in [0.2, 0.25) is 5.91 Å². The number of nitrogens with zero attached hydrogens (tertiary/aromatic N) is 1. The molecule has 4 heteroatoms. The molecule has 0 atom stereocenters. The normalized spacial score (nSPS) is 13.4. The first-order valence-electron chi connectivity index (χ1n) is 6.49. The molecule has 0 radical (unpaired) electrons. The van der Waals surface area contributed by atoms with Crippen molar-refractivity contribution in [1.29, 1.82) is 0 Å². The summed E-state index contributed by atoms with van der Waals surface area (Å²) in [5.74, 6) is 0.927. The standard InChI is InChI=1S/C16H16N2O2/c1-20-14-5-2-11(3-6-14)10-18-15-7-4-13(17)8-12(15)9-16(18)19/h2-8H,9-10,17H2,1H3. The van der Waals surface area contributed by atoms with Gasteiger partial charge < -0.3 is 15.4 Å². The number of nitrogen functional groups attached to an aromatic ring is 1. The minimum Gasteiger partial charge on any atom is -0.497 e. The van der Waals surface area contributed by atoms with Crippen LogP contribution in [0.4, 0.5) is 11.4 Å². The lowest BCUT2D eigenvalue weighted by atomic mass is 10.1. The highest BCUT2D eigenvalue weighted by molar-refractivity contribution is 6.01.